The summed E-state index contributed by atoms with van der Waals surface area (Å²) in [5, 5.41) is 4.25. The van der Waals surface area contributed by atoms with Crippen molar-refractivity contribution in [3.8, 4) is 10.7 Å². The molecule has 0 aliphatic heterocycles. The Balaban J connectivity index is 1.81. The average Bonchev–Trinajstić information content (AvgIpc) is 3.16. The van der Waals surface area contributed by atoms with Crippen LogP contribution < -0.4 is 22.3 Å². The molecular weight excluding hydrogens is 334 g/mol. The maximum absolute atomic E-state index is 5.98. The molecule has 2 aromatic heterocycles. The van der Waals surface area contributed by atoms with Crippen molar-refractivity contribution in [1.82, 2.24) is 15.0 Å². The summed E-state index contributed by atoms with van der Waals surface area (Å²) >= 11 is 1.50. The van der Waals surface area contributed by atoms with Crippen molar-refractivity contribution in [3.63, 3.8) is 0 Å². The van der Waals surface area contributed by atoms with Crippen LogP contribution in [0.5, 0.6) is 0 Å². The molecule has 0 aliphatic rings. The van der Waals surface area contributed by atoms with Gasteiger partial charge in [-0.25, -0.2) is 9.97 Å². The summed E-state index contributed by atoms with van der Waals surface area (Å²) < 4.78 is 0. The topological polar surface area (TPSA) is 115 Å². The minimum Gasteiger partial charge on any atom is -0.397 e. The number of rotatable bonds is 4. The smallest absolute Gasteiger partial charge is 0.173 e. The van der Waals surface area contributed by atoms with Crippen LogP contribution in [0.25, 0.3) is 21.6 Å². The Morgan fingerprint density at radius 2 is 1.92 bits per heavy atom. The Labute approximate surface area is 147 Å². The fraction of sp³-hybridized carbons (Fsp3) is 0. The summed E-state index contributed by atoms with van der Waals surface area (Å²) in [6, 6.07) is 13.3. The van der Waals surface area contributed by atoms with Gasteiger partial charge >= 0.3 is 0 Å². The van der Waals surface area contributed by atoms with E-state index in [2.05, 4.69) is 25.7 Å². The zero-order valence-corrected chi connectivity index (χ0v) is 13.9. The first kappa shape index (κ1) is 15.3. The molecule has 2 heterocycles. The Kier molecular flexibility index (Phi) is 3.88. The van der Waals surface area contributed by atoms with Crippen LogP contribution in [0.4, 0.5) is 22.9 Å². The second-order valence-corrected chi connectivity index (χ2v) is 6.24. The van der Waals surface area contributed by atoms with Crippen molar-refractivity contribution >= 4 is 45.1 Å². The lowest BCUT2D eigenvalue weighted by Gasteiger charge is -2.12. The quantitative estimate of drug-likeness (QED) is 0.254. The third-order valence-electron chi connectivity index (χ3n) is 3.73. The Morgan fingerprint density at radius 3 is 2.68 bits per heavy atom. The highest BCUT2D eigenvalue weighted by Gasteiger charge is 2.11. The van der Waals surface area contributed by atoms with E-state index in [1.54, 1.807) is 17.8 Å². The number of nitrogen functional groups attached to an aromatic ring is 2. The number of nitrogens with zero attached hydrogens (tertiary/aromatic N) is 3. The largest absolute Gasteiger partial charge is 0.397 e. The Bertz CT molecular complexity index is 1030. The molecule has 4 rings (SSSR count). The fourth-order valence-corrected chi connectivity index (χ4v) is 3.07. The van der Waals surface area contributed by atoms with Gasteiger partial charge in [0.2, 0.25) is 0 Å². The number of benzene rings is 2. The molecule has 0 fully saturated rings. The second-order valence-electron chi connectivity index (χ2n) is 5.35. The van der Waals surface area contributed by atoms with Crippen LogP contribution in [0.1, 0.15) is 0 Å². The van der Waals surface area contributed by atoms with Gasteiger partial charge < -0.3 is 16.5 Å². The number of para-hydroxylation sites is 1. The van der Waals surface area contributed by atoms with Crippen molar-refractivity contribution in [3.05, 3.63) is 54.2 Å². The molecule has 124 valence electrons. The molecule has 0 bridgehead atoms. The summed E-state index contributed by atoms with van der Waals surface area (Å²) in [4.78, 5) is 14.3. The predicted octanol–water partition coefficient (Wildman–Crippen LogP) is 3.36. The molecule has 0 saturated heterocycles. The van der Waals surface area contributed by atoms with Gasteiger partial charge in [0.15, 0.2) is 5.82 Å². The van der Waals surface area contributed by atoms with Crippen LogP contribution in [-0.2, 0) is 0 Å². The summed E-state index contributed by atoms with van der Waals surface area (Å²) in [5.74, 6) is 6.77. The number of thiazole rings is 1. The van der Waals surface area contributed by atoms with Crippen LogP contribution in [0, 0.1) is 0 Å². The molecule has 25 heavy (non-hydrogen) atoms. The van der Waals surface area contributed by atoms with Crippen LogP contribution in [-0.4, -0.2) is 15.0 Å². The molecule has 0 spiro atoms. The SMILES string of the molecule is NNc1ccc(Nc2nc(-c3cncs3)nc3ccccc23)cc1N. The lowest BCUT2D eigenvalue weighted by molar-refractivity contribution is 1.23. The van der Waals surface area contributed by atoms with E-state index >= 15 is 0 Å². The monoisotopic (exact) mass is 349 g/mol. The summed E-state index contributed by atoms with van der Waals surface area (Å²) in [5.41, 5.74) is 13.2. The number of nitrogens with one attached hydrogen (secondary N) is 2. The van der Waals surface area contributed by atoms with E-state index in [0.29, 0.717) is 23.0 Å². The predicted molar refractivity (Wildman–Crippen MR) is 103 cm³/mol. The van der Waals surface area contributed by atoms with Crippen molar-refractivity contribution in [2.75, 3.05) is 16.5 Å². The van der Waals surface area contributed by atoms with Gasteiger partial charge in [0.25, 0.3) is 0 Å². The van der Waals surface area contributed by atoms with Crippen LogP contribution in [0.3, 0.4) is 0 Å². The van der Waals surface area contributed by atoms with E-state index in [-0.39, 0.29) is 0 Å². The zero-order chi connectivity index (χ0) is 17.2. The van der Waals surface area contributed by atoms with Crippen LogP contribution in [0.15, 0.2) is 54.2 Å². The minimum absolute atomic E-state index is 0.550. The van der Waals surface area contributed by atoms with E-state index in [0.717, 1.165) is 21.5 Å². The molecule has 7 nitrogen and oxygen atoms in total. The normalized spacial score (nSPS) is 10.8. The summed E-state index contributed by atoms with van der Waals surface area (Å²) in [6.45, 7) is 0. The molecule has 2 aromatic carbocycles. The maximum Gasteiger partial charge on any atom is 0.173 e. The molecule has 0 radical (unpaired) electrons. The van der Waals surface area contributed by atoms with Gasteiger partial charge in [0.05, 0.1) is 27.3 Å². The first-order valence-electron chi connectivity index (χ1n) is 7.53. The number of hydrazine groups is 1. The summed E-state index contributed by atoms with van der Waals surface area (Å²) in [7, 11) is 0. The maximum atomic E-state index is 5.98. The standard InChI is InChI=1S/C17H15N7S/c18-12-7-10(5-6-14(12)24-19)21-16-11-3-1-2-4-13(11)22-17(23-16)15-8-20-9-25-15/h1-9,24H,18-19H2,(H,21,22,23). The first-order chi connectivity index (χ1) is 12.2. The van der Waals surface area contributed by atoms with Gasteiger partial charge in [-0.1, -0.05) is 12.1 Å². The lowest BCUT2D eigenvalue weighted by Crippen LogP contribution is -2.09. The van der Waals surface area contributed by atoms with E-state index in [1.165, 1.54) is 11.3 Å². The molecule has 0 saturated carbocycles. The van der Waals surface area contributed by atoms with Gasteiger partial charge in [-0.2, -0.15) is 0 Å². The lowest BCUT2D eigenvalue weighted by atomic mass is 10.2. The molecule has 0 amide bonds. The fourth-order valence-electron chi connectivity index (χ4n) is 2.52. The van der Waals surface area contributed by atoms with Crippen molar-refractivity contribution in [1.29, 1.82) is 0 Å². The van der Waals surface area contributed by atoms with Crippen LogP contribution in [0.2, 0.25) is 0 Å². The third kappa shape index (κ3) is 2.95. The molecular formula is C17H15N7S. The van der Waals surface area contributed by atoms with Crippen molar-refractivity contribution < 1.29 is 0 Å². The van der Waals surface area contributed by atoms with Gasteiger partial charge in [0.1, 0.15) is 5.82 Å². The van der Waals surface area contributed by atoms with E-state index < -0.39 is 0 Å². The molecule has 0 aliphatic carbocycles. The van der Waals surface area contributed by atoms with E-state index in [1.807, 2.05) is 36.4 Å². The Hall–Kier alpha value is -3.23. The van der Waals surface area contributed by atoms with E-state index in [4.69, 9.17) is 11.6 Å². The number of aromatic nitrogens is 3. The van der Waals surface area contributed by atoms with E-state index in [9.17, 15) is 0 Å². The number of hydrogen-bond donors (Lipinski definition) is 4. The first-order valence-corrected chi connectivity index (χ1v) is 8.41. The second kappa shape index (κ2) is 6.34. The highest BCUT2D eigenvalue weighted by atomic mass is 32.1. The molecule has 8 heteroatoms. The summed E-state index contributed by atoms with van der Waals surface area (Å²) in [6.07, 6.45) is 1.76. The van der Waals surface area contributed by atoms with Crippen molar-refractivity contribution in [2.45, 2.75) is 0 Å². The number of nitrogens with two attached hydrogens (primary N) is 2. The molecule has 0 unspecified atom stereocenters. The molecule has 4 aromatic rings. The highest BCUT2D eigenvalue weighted by Crippen LogP contribution is 2.30. The van der Waals surface area contributed by atoms with Gasteiger partial charge in [0, 0.05) is 17.3 Å². The zero-order valence-electron chi connectivity index (χ0n) is 13.1. The molecule has 6 N–H and O–H groups in total. The number of anilines is 4. The van der Waals surface area contributed by atoms with Gasteiger partial charge in [-0.05, 0) is 30.3 Å². The number of fused-ring (bicyclic) bond motifs is 1. The number of hydrogen-bond acceptors (Lipinski definition) is 8. The van der Waals surface area contributed by atoms with Crippen LogP contribution >= 0.6 is 11.3 Å². The minimum atomic E-state index is 0.550. The third-order valence-corrected chi connectivity index (χ3v) is 4.49. The van der Waals surface area contributed by atoms with Gasteiger partial charge in [-0.3, -0.25) is 10.8 Å². The van der Waals surface area contributed by atoms with Gasteiger partial charge in [-0.15, -0.1) is 11.3 Å². The highest BCUT2D eigenvalue weighted by molar-refractivity contribution is 7.13. The average molecular weight is 349 g/mol. The van der Waals surface area contributed by atoms with Crippen molar-refractivity contribution in [2.24, 2.45) is 5.84 Å². The molecule has 0 atom stereocenters. The Morgan fingerprint density at radius 1 is 1.04 bits per heavy atom.